The van der Waals surface area contributed by atoms with E-state index in [1.807, 2.05) is 0 Å². The summed E-state index contributed by atoms with van der Waals surface area (Å²) in [6.07, 6.45) is 0. The number of benzene rings is 1. The molecule has 0 amide bonds. The van der Waals surface area contributed by atoms with E-state index < -0.39 is 8.94 Å². The summed E-state index contributed by atoms with van der Waals surface area (Å²) in [6, 6.07) is 5.59. The van der Waals surface area contributed by atoms with Crippen molar-refractivity contribution in [3.8, 4) is 0 Å². The van der Waals surface area contributed by atoms with Gasteiger partial charge in [-0.05, 0) is 0 Å². The molecule has 8 heteroatoms. The van der Waals surface area contributed by atoms with Crippen LogP contribution in [0.3, 0.4) is 0 Å². The number of para-hydroxylation sites is 1. The first-order valence-corrected chi connectivity index (χ1v) is 9.17. The predicted molar refractivity (Wildman–Crippen MR) is 63.1 cm³/mol. The van der Waals surface area contributed by atoms with Gasteiger partial charge < -0.3 is 0 Å². The van der Waals surface area contributed by atoms with Gasteiger partial charge in [-0.15, -0.1) is 0 Å². The molecular formula is C6H4Cl4NO2P. The minimum absolute atomic E-state index is 0.0461. The third kappa shape index (κ3) is 2.85. The Kier molecular flexibility index (Phi) is 3.21. The zero-order chi connectivity index (χ0) is 11.0. The predicted octanol–water partition coefficient (Wildman–Crippen LogP) is 4.39. The monoisotopic (exact) mass is 293 g/mol. The van der Waals surface area contributed by atoms with Gasteiger partial charge in [0.1, 0.15) is 0 Å². The minimum atomic E-state index is -4.16. The van der Waals surface area contributed by atoms with E-state index in [2.05, 4.69) is 0 Å². The number of nitro groups is 1. The van der Waals surface area contributed by atoms with Gasteiger partial charge in [-0.3, -0.25) is 0 Å². The molecule has 0 aliphatic carbocycles. The van der Waals surface area contributed by atoms with Crippen LogP contribution in [0.25, 0.3) is 0 Å². The average molecular weight is 295 g/mol. The number of nitro benzene ring substituents is 1. The van der Waals surface area contributed by atoms with Crippen LogP contribution in [0.2, 0.25) is 0 Å². The van der Waals surface area contributed by atoms with Gasteiger partial charge in [0.2, 0.25) is 0 Å². The Morgan fingerprint density at radius 2 is 1.64 bits per heavy atom. The molecule has 14 heavy (non-hydrogen) atoms. The van der Waals surface area contributed by atoms with Crippen molar-refractivity contribution in [3.63, 3.8) is 0 Å². The normalized spacial score (nSPS) is 14.4. The van der Waals surface area contributed by atoms with E-state index in [1.54, 1.807) is 0 Å². The van der Waals surface area contributed by atoms with Gasteiger partial charge in [0, 0.05) is 0 Å². The van der Waals surface area contributed by atoms with Crippen LogP contribution in [0.4, 0.5) is 5.69 Å². The molecule has 0 saturated carbocycles. The number of halogens is 4. The molecule has 0 bridgehead atoms. The molecule has 0 aromatic heterocycles. The summed E-state index contributed by atoms with van der Waals surface area (Å²) < 4.78 is -4.16. The van der Waals surface area contributed by atoms with Crippen molar-refractivity contribution in [2.75, 3.05) is 0 Å². The molecular weight excluding hydrogens is 291 g/mol. The molecule has 1 aromatic carbocycles. The van der Waals surface area contributed by atoms with Crippen molar-refractivity contribution in [1.82, 2.24) is 0 Å². The Morgan fingerprint density at radius 3 is 2.00 bits per heavy atom. The van der Waals surface area contributed by atoms with E-state index in [-0.39, 0.29) is 11.0 Å². The van der Waals surface area contributed by atoms with Gasteiger partial charge in [0.05, 0.1) is 0 Å². The molecule has 0 heterocycles. The Balaban J connectivity index is 3.43. The standard InChI is InChI=1S/C6H4Cl4NO2P/c7-14(8,9,10)6-4-2-1-3-5(6)11(12)13/h1-4H. The molecule has 0 radical (unpaired) electrons. The van der Waals surface area contributed by atoms with Gasteiger partial charge in [-0.2, -0.15) is 0 Å². The van der Waals surface area contributed by atoms with Crippen LogP contribution in [0.1, 0.15) is 0 Å². The van der Waals surface area contributed by atoms with Gasteiger partial charge in [0.25, 0.3) is 0 Å². The quantitative estimate of drug-likeness (QED) is 0.461. The maximum absolute atomic E-state index is 10.6. The van der Waals surface area contributed by atoms with Crippen molar-refractivity contribution >= 4 is 60.0 Å². The van der Waals surface area contributed by atoms with Crippen LogP contribution < -0.4 is 5.30 Å². The number of rotatable bonds is 2. The summed E-state index contributed by atoms with van der Waals surface area (Å²) in [5.41, 5.74) is -0.278. The van der Waals surface area contributed by atoms with Crippen molar-refractivity contribution < 1.29 is 4.92 Å². The SMILES string of the molecule is O=[N+]([O-])c1ccccc1P(Cl)(Cl)(Cl)Cl. The molecule has 0 unspecified atom stereocenters. The molecule has 1 aromatic rings. The van der Waals surface area contributed by atoms with Gasteiger partial charge in [0.15, 0.2) is 0 Å². The second kappa shape index (κ2) is 3.66. The van der Waals surface area contributed by atoms with Crippen LogP contribution in [-0.2, 0) is 0 Å². The van der Waals surface area contributed by atoms with Gasteiger partial charge in [-0.1, -0.05) is 0 Å². The first-order valence-electron chi connectivity index (χ1n) is 3.32. The molecule has 0 aliphatic heterocycles. The van der Waals surface area contributed by atoms with E-state index in [9.17, 15) is 10.1 Å². The molecule has 1 rings (SSSR count). The molecule has 0 fully saturated rings. The molecule has 78 valence electrons. The van der Waals surface area contributed by atoms with Crippen LogP contribution >= 0.6 is 49.0 Å². The molecule has 0 spiro atoms. The summed E-state index contributed by atoms with van der Waals surface area (Å²) in [7, 11) is 0. The van der Waals surface area contributed by atoms with Crippen LogP contribution in [0, 0.1) is 10.1 Å². The van der Waals surface area contributed by atoms with Crippen molar-refractivity contribution in [2.24, 2.45) is 0 Å². The topological polar surface area (TPSA) is 43.1 Å². The Bertz CT molecular complexity index is 380. The fraction of sp³-hybridized carbons (Fsp3) is 0. The Morgan fingerprint density at radius 1 is 1.14 bits per heavy atom. The van der Waals surface area contributed by atoms with E-state index in [0.29, 0.717) is 0 Å². The number of hydrogen-bond acceptors (Lipinski definition) is 2. The second-order valence-electron chi connectivity index (χ2n) is 2.47. The molecule has 0 aliphatic rings. The van der Waals surface area contributed by atoms with Gasteiger partial charge in [-0.25, -0.2) is 0 Å². The van der Waals surface area contributed by atoms with E-state index in [1.165, 1.54) is 24.3 Å². The van der Waals surface area contributed by atoms with Gasteiger partial charge >= 0.3 is 99.3 Å². The van der Waals surface area contributed by atoms with Crippen LogP contribution in [0.5, 0.6) is 0 Å². The number of hydrogen-bond donors (Lipinski definition) is 0. The first-order chi connectivity index (χ1) is 6.18. The summed E-state index contributed by atoms with van der Waals surface area (Å²) in [4.78, 5) is 9.97. The molecule has 3 nitrogen and oxygen atoms in total. The summed E-state index contributed by atoms with van der Waals surface area (Å²) in [6.45, 7) is 0. The molecule has 0 N–H and O–H groups in total. The third-order valence-electron chi connectivity index (χ3n) is 1.44. The third-order valence-corrected chi connectivity index (χ3v) is 4.73. The van der Waals surface area contributed by atoms with Crippen molar-refractivity contribution in [1.29, 1.82) is 0 Å². The molecule has 0 saturated heterocycles. The fourth-order valence-electron chi connectivity index (χ4n) is 0.904. The summed E-state index contributed by atoms with van der Waals surface area (Å²) in [5, 5.41) is 10.6. The van der Waals surface area contributed by atoms with Crippen LogP contribution in [0.15, 0.2) is 24.3 Å². The maximum atomic E-state index is 10.6. The van der Waals surface area contributed by atoms with Crippen molar-refractivity contribution in [3.05, 3.63) is 34.4 Å². The average Bonchev–Trinajstić information content (AvgIpc) is 2.01. The van der Waals surface area contributed by atoms with E-state index in [0.717, 1.165) is 0 Å². The molecule has 0 atom stereocenters. The first kappa shape index (κ1) is 12.3. The summed E-state index contributed by atoms with van der Waals surface area (Å²) in [5.74, 6) is 0. The van der Waals surface area contributed by atoms with Crippen molar-refractivity contribution in [2.45, 2.75) is 0 Å². The van der Waals surface area contributed by atoms with E-state index in [4.69, 9.17) is 45.0 Å². The van der Waals surface area contributed by atoms with Crippen LogP contribution in [-0.4, -0.2) is 4.92 Å². The summed E-state index contributed by atoms with van der Waals surface area (Å²) >= 11 is 22.7. The Hall–Kier alpha value is 0.210. The Labute approximate surface area is 99.1 Å². The fourth-order valence-corrected chi connectivity index (χ4v) is 3.43. The zero-order valence-corrected chi connectivity index (χ0v) is 10.5. The zero-order valence-electron chi connectivity index (χ0n) is 6.53. The van der Waals surface area contributed by atoms with E-state index >= 15 is 0 Å². The number of nitrogens with zero attached hydrogens (tertiary/aromatic N) is 1. The second-order valence-corrected chi connectivity index (χ2v) is 15.6.